The number of phenolic OH excluding ortho intramolecular Hbond substituents is 1. The highest BCUT2D eigenvalue weighted by molar-refractivity contribution is 9.10. The van der Waals surface area contributed by atoms with Crippen LogP contribution in [0.1, 0.15) is 39.5 Å². The number of nitrogens with zero attached hydrogens (tertiary/aromatic N) is 2. The number of allylic oxidation sites excluding steroid dienone is 1. The van der Waals surface area contributed by atoms with Crippen LogP contribution in [0.25, 0.3) is 6.08 Å². The Morgan fingerprint density at radius 1 is 1.21 bits per heavy atom. The van der Waals surface area contributed by atoms with Gasteiger partial charge in [0.15, 0.2) is 28.2 Å². The summed E-state index contributed by atoms with van der Waals surface area (Å²) in [5.74, 6) is -2.89. The summed E-state index contributed by atoms with van der Waals surface area (Å²) in [7, 11) is 1.36. The minimum absolute atomic E-state index is 0.0855. The van der Waals surface area contributed by atoms with Crippen molar-refractivity contribution in [3.05, 3.63) is 86.0 Å². The van der Waals surface area contributed by atoms with Crippen LogP contribution < -0.4 is 9.64 Å². The molecule has 0 saturated carbocycles. The van der Waals surface area contributed by atoms with Gasteiger partial charge in [-0.25, -0.2) is 9.78 Å². The fourth-order valence-corrected chi connectivity index (χ4v) is 5.42. The number of carbonyl (C=O) groups is 3. The van der Waals surface area contributed by atoms with Crippen molar-refractivity contribution in [2.75, 3.05) is 18.6 Å². The Bertz CT molecular complexity index is 1480. The van der Waals surface area contributed by atoms with Gasteiger partial charge in [-0.1, -0.05) is 47.7 Å². The van der Waals surface area contributed by atoms with Crippen LogP contribution in [0.5, 0.6) is 11.5 Å². The number of methoxy groups -OCH3 is 1. The fraction of sp³-hybridized carbons (Fsp3) is 0.185. The zero-order chi connectivity index (χ0) is 27.6. The van der Waals surface area contributed by atoms with Crippen molar-refractivity contribution in [2.45, 2.75) is 19.9 Å². The first-order valence-electron chi connectivity index (χ1n) is 11.4. The van der Waals surface area contributed by atoms with Gasteiger partial charge in [-0.15, -0.1) is 0 Å². The molecule has 2 heterocycles. The zero-order valence-electron chi connectivity index (χ0n) is 20.6. The van der Waals surface area contributed by atoms with E-state index in [0.29, 0.717) is 11.3 Å². The van der Waals surface area contributed by atoms with Crippen LogP contribution in [0.3, 0.4) is 0 Å². The lowest BCUT2D eigenvalue weighted by Crippen LogP contribution is -2.31. The first-order valence-corrected chi connectivity index (χ1v) is 13.0. The summed E-state index contributed by atoms with van der Waals surface area (Å²) in [6, 6.07) is 10.9. The van der Waals surface area contributed by atoms with Crippen molar-refractivity contribution in [3.63, 3.8) is 0 Å². The monoisotopic (exact) mass is 598 g/mol. The molecule has 1 amide bonds. The number of aromatic hydroxyl groups is 1. The number of phenols is 1. The lowest BCUT2D eigenvalue weighted by Gasteiger charge is -2.25. The van der Waals surface area contributed by atoms with Gasteiger partial charge >= 0.3 is 5.97 Å². The Morgan fingerprint density at radius 3 is 2.58 bits per heavy atom. The summed E-state index contributed by atoms with van der Waals surface area (Å²) < 4.78 is 10.6. The number of aryl methyl sites for hydroxylation is 1. The van der Waals surface area contributed by atoms with Crippen molar-refractivity contribution in [2.24, 2.45) is 0 Å². The molecular weight excluding hydrogens is 576 g/mol. The number of carbonyl (C=O) groups excluding carboxylic acids is 3. The number of ether oxygens (including phenoxy) is 2. The molecule has 2 aromatic carbocycles. The third-order valence-corrected chi connectivity index (χ3v) is 7.48. The van der Waals surface area contributed by atoms with Gasteiger partial charge in [0.25, 0.3) is 5.91 Å². The maximum Gasteiger partial charge on any atom is 0.350 e. The zero-order valence-corrected chi connectivity index (χ0v) is 23.0. The summed E-state index contributed by atoms with van der Waals surface area (Å²) in [6.07, 6.45) is 2.85. The van der Waals surface area contributed by atoms with Crippen molar-refractivity contribution in [1.29, 1.82) is 0 Å². The van der Waals surface area contributed by atoms with Crippen LogP contribution in [0, 0.1) is 6.92 Å². The number of aromatic nitrogens is 1. The molecule has 38 heavy (non-hydrogen) atoms. The van der Waals surface area contributed by atoms with Crippen LogP contribution in [0.15, 0.2) is 64.3 Å². The number of benzene rings is 2. The van der Waals surface area contributed by atoms with Crippen LogP contribution in [-0.2, 0) is 14.3 Å². The molecule has 1 aliphatic rings. The number of aliphatic hydroxyl groups is 1. The van der Waals surface area contributed by atoms with Gasteiger partial charge in [0, 0.05) is 0 Å². The third kappa shape index (κ3) is 5.07. The van der Waals surface area contributed by atoms with E-state index >= 15 is 0 Å². The second kappa shape index (κ2) is 11.2. The Morgan fingerprint density at radius 2 is 1.92 bits per heavy atom. The van der Waals surface area contributed by atoms with Crippen molar-refractivity contribution in [3.8, 4) is 11.5 Å². The summed E-state index contributed by atoms with van der Waals surface area (Å²) in [4.78, 5) is 45.0. The van der Waals surface area contributed by atoms with Crippen molar-refractivity contribution < 1.29 is 34.1 Å². The molecule has 0 radical (unpaired) electrons. The van der Waals surface area contributed by atoms with Crippen LogP contribution in [0.2, 0.25) is 0 Å². The molecular formula is C27H23BrN2O7S. The Kier molecular flexibility index (Phi) is 7.98. The average Bonchev–Trinajstić information content (AvgIpc) is 3.41. The number of esters is 1. The molecule has 1 aliphatic heterocycles. The van der Waals surface area contributed by atoms with E-state index < -0.39 is 29.5 Å². The number of halogens is 1. The topological polar surface area (TPSA) is 126 Å². The summed E-state index contributed by atoms with van der Waals surface area (Å²) in [6.45, 7) is 3.44. The van der Waals surface area contributed by atoms with E-state index in [2.05, 4.69) is 20.9 Å². The second-order valence-electron chi connectivity index (χ2n) is 8.13. The molecule has 11 heteroatoms. The number of thiazole rings is 1. The number of rotatable bonds is 8. The number of amides is 1. The van der Waals surface area contributed by atoms with Crippen LogP contribution in [0.4, 0.5) is 5.13 Å². The minimum Gasteiger partial charge on any atom is -0.503 e. The molecule has 0 aliphatic carbocycles. The lowest BCUT2D eigenvalue weighted by molar-refractivity contribution is -0.117. The van der Waals surface area contributed by atoms with Gasteiger partial charge < -0.3 is 19.7 Å². The second-order valence-corrected chi connectivity index (χ2v) is 9.97. The summed E-state index contributed by atoms with van der Waals surface area (Å²) in [5, 5.41) is 21.4. The highest BCUT2D eigenvalue weighted by Crippen LogP contribution is 2.46. The van der Waals surface area contributed by atoms with Gasteiger partial charge in [0.1, 0.15) is 4.88 Å². The quantitative estimate of drug-likeness (QED) is 0.264. The third-order valence-electron chi connectivity index (χ3n) is 5.74. The van der Waals surface area contributed by atoms with E-state index in [4.69, 9.17) is 9.47 Å². The van der Waals surface area contributed by atoms with E-state index in [1.807, 2.05) is 18.2 Å². The summed E-state index contributed by atoms with van der Waals surface area (Å²) >= 11 is 4.19. The minimum atomic E-state index is -1.14. The molecule has 196 valence electrons. The fourth-order valence-electron chi connectivity index (χ4n) is 3.97. The average molecular weight is 599 g/mol. The smallest absolute Gasteiger partial charge is 0.350 e. The number of ketones is 1. The van der Waals surface area contributed by atoms with Crippen LogP contribution in [-0.4, -0.2) is 46.6 Å². The SMILES string of the molecule is CCOC(=O)c1sc(N2C(=O)C(O)=C(C(=O)C=Cc3ccccc3)C2c2cc(Br)c(O)c(OC)c2)nc1C. The van der Waals surface area contributed by atoms with E-state index in [1.54, 1.807) is 32.1 Å². The molecule has 1 aromatic heterocycles. The lowest BCUT2D eigenvalue weighted by atomic mass is 9.95. The highest BCUT2D eigenvalue weighted by atomic mass is 79.9. The molecule has 2 N–H and O–H groups in total. The highest BCUT2D eigenvalue weighted by Gasteiger charge is 2.46. The van der Waals surface area contributed by atoms with Gasteiger partial charge in [0.2, 0.25) is 0 Å². The number of hydrogen-bond acceptors (Lipinski definition) is 9. The number of anilines is 1. The molecule has 1 unspecified atom stereocenters. The van der Waals surface area contributed by atoms with Gasteiger partial charge in [0.05, 0.1) is 35.5 Å². The molecule has 0 bridgehead atoms. The number of aliphatic hydroxyl groups excluding tert-OH is 1. The molecule has 0 fully saturated rings. The Labute approximate surface area is 230 Å². The molecule has 0 spiro atoms. The van der Waals surface area contributed by atoms with Crippen LogP contribution >= 0.6 is 27.3 Å². The maximum atomic E-state index is 13.4. The Balaban J connectivity index is 1.86. The van der Waals surface area contributed by atoms with E-state index in [-0.39, 0.29) is 38.2 Å². The van der Waals surface area contributed by atoms with Gasteiger partial charge in [-0.2, -0.15) is 0 Å². The largest absolute Gasteiger partial charge is 0.503 e. The Hall–Kier alpha value is -3.96. The predicted octanol–water partition coefficient (Wildman–Crippen LogP) is 5.29. The first kappa shape index (κ1) is 27.1. The molecule has 3 aromatic rings. The van der Waals surface area contributed by atoms with Crippen molar-refractivity contribution in [1.82, 2.24) is 4.98 Å². The normalized spacial score (nSPS) is 15.4. The van der Waals surface area contributed by atoms with Crippen molar-refractivity contribution >= 4 is 56.1 Å². The van der Waals surface area contributed by atoms with Gasteiger partial charge in [-0.05, 0) is 59.1 Å². The maximum absolute atomic E-state index is 13.4. The molecule has 9 nitrogen and oxygen atoms in total. The predicted molar refractivity (Wildman–Crippen MR) is 146 cm³/mol. The molecule has 0 saturated heterocycles. The standard InChI is InChI=1S/C27H23BrN2O7S/c1-4-37-26(35)24-14(2)29-27(38-24)30-21(16-12-17(28)22(32)19(13-16)36-3)20(23(33)25(30)34)18(31)11-10-15-8-6-5-7-9-15/h5-13,21,32-33H,4H2,1-3H3. The molecule has 4 rings (SSSR count). The van der Waals surface area contributed by atoms with E-state index in [9.17, 15) is 24.6 Å². The van der Waals surface area contributed by atoms with Gasteiger partial charge in [-0.3, -0.25) is 14.5 Å². The molecule has 1 atom stereocenters. The summed E-state index contributed by atoms with van der Waals surface area (Å²) in [5.41, 5.74) is 1.25. The van der Waals surface area contributed by atoms with E-state index in [0.717, 1.165) is 21.8 Å². The first-order chi connectivity index (χ1) is 18.2. The van der Waals surface area contributed by atoms with E-state index in [1.165, 1.54) is 25.3 Å². The number of hydrogen-bond donors (Lipinski definition) is 2.